The molecule has 1 aromatic rings. The lowest BCUT2D eigenvalue weighted by molar-refractivity contribution is -0.118. The highest BCUT2D eigenvalue weighted by Crippen LogP contribution is 2.05. The number of nitrogens with zero attached hydrogens (tertiary/aromatic N) is 3. The SMILES string of the molecule is CC.CNCCN(C=O)CCOc1cc(C)ncn1. The summed E-state index contributed by atoms with van der Waals surface area (Å²) in [6.07, 6.45) is 2.29. The molecule has 0 aliphatic carbocycles. The Labute approximate surface area is 115 Å². The van der Waals surface area contributed by atoms with Gasteiger partial charge in [-0.2, -0.15) is 0 Å². The van der Waals surface area contributed by atoms with Crippen molar-refractivity contribution in [2.45, 2.75) is 20.8 Å². The predicted molar refractivity (Wildman–Crippen MR) is 75.2 cm³/mol. The van der Waals surface area contributed by atoms with Crippen LogP contribution >= 0.6 is 0 Å². The number of carbonyl (C=O) groups excluding carboxylic acids is 1. The van der Waals surface area contributed by atoms with Crippen LogP contribution in [0.5, 0.6) is 5.88 Å². The molecule has 0 aromatic carbocycles. The molecule has 1 N–H and O–H groups in total. The van der Waals surface area contributed by atoms with E-state index in [9.17, 15) is 4.79 Å². The summed E-state index contributed by atoms with van der Waals surface area (Å²) in [6, 6.07) is 1.76. The first kappa shape index (κ1) is 17.3. The molecule has 0 saturated heterocycles. The number of ether oxygens (including phenoxy) is 1. The molecule has 1 rings (SSSR count). The Morgan fingerprint density at radius 2 is 2.11 bits per heavy atom. The number of rotatable bonds is 8. The molecule has 0 spiro atoms. The fourth-order valence-electron chi connectivity index (χ4n) is 1.25. The molecule has 1 heterocycles. The number of hydrogen-bond donors (Lipinski definition) is 1. The fraction of sp³-hybridized carbons (Fsp3) is 0.615. The zero-order valence-corrected chi connectivity index (χ0v) is 12.2. The van der Waals surface area contributed by atoms with Gasteiger partial charge in [-0.05, 0) is 14.0 Å². The van der Waals surface area contributed by atoms with Gasteiger partial charge in [0.25, 0.3) is 0 Å². The molecule has 0 saturated carbocycles. The molecule has 19 heavy (non-hydrogen) atoms. The smallest absolute Gasteiger partial charge is 0.216 e. The lowest BCUT2D eigenvalue weighted by atomic mass is 10.4. The summed E-state index contributed by atoms with van der Waals surface area (Å²) in [5, 5.41) is 2.99. The quantitative estimate of drug-likeness (QED) is 0.709. The van der Waals surface area contributed by atoms with Crippen LogP contribution in [-0.2, 0) is 4.79 Å². The van der Waals surface area contributed by atoms with Gasteiger partial charge in [0.2, 0.25) is 12.3 Å². The topological polar surface area (TPSA) is 67.4 Å². The molecule has 6 nitrogen and oxygen atoms in total. The van der Waals surface area contributed by atoms with Crippen LogP contribution in [0, 0.1) is 6.92 Å². The second-order valence-electron chi connectivity index (χ2n) is 3.59. The van der Waals surface area contributed by atoms with Gasteiger partial charge in [-0.3, -0.25) is 4.79 Å². The maximum absolute atomic E-state index is 10.7. The molecule has 0 unspecified atom stereocenters. The highest BCUT2D eigenvalue weighted by molar-refractivity contribution is 5.46. The van der Waals surface area contributed by atoms with Crippen molar-refractivity contribution in [3.8, 4) is 5.88 Å². The Bertz CT molecular complexity index is 347. The third-order valence-electron chi connectivity index (χ3n) is 2.21. The van der Waals surface area contributed by atoms with Gasteiger partial charge in [-0.15, -0.1) is 0 Å². The average molecular weight is 268 g/mol. The van der Waals surface area contributed by atoms with E-state index in [0.29, 0.717) is 25.6 Å². The number of likely N-dealkylation sites (N-methyl/N-ethyl adjacent to an activating group) is 1. The minimum Gasteiger partial charge on any atom is -0.476 e. The van der Waals surface area contributed by atoms with Gasteiger partial charge in [0, 0.05) is 24.8 Å². The van der Waals surface area contributed by atoms with Gasteiger partial charge < -0.3 is 15.0 Å². The first-order chi connectivity index (χ1) is 9.26. The molecule has 0 radical (unpaired) electrons. The van der Waals surface area contributed by atoms with E-state index in [1.54, 1.807) is 11.0 Å². The zero-order valence-electron chi connectivity index (χ0n) is 12.2. The van der Waals surface area contributed by atoms with Crippen LogP contribution in [0.1, 0.15) is 19.5 Å². The summed E-state index contributed by atoms with van der Waals surface area (Å²) in [5.74, 6) is 0.539. The van der Waals surface area contributed by atoms with Gasteiger partial charge in [0.1, 0.15) is 12.9 Å². The van der Waals surface area contributed by atoms with E-state index >= 15 is 0 Å². The number of hydrogen-bond acceptors (Lipinski definition) is 5. The van der Waals surface area contributed by atoms with Crippen molar-refractivity contribution in [2.75, 3.05) is 33.3 Å². The average Bonchev–Trinajstić information content (AvgIpc) is 2.45. The van der Waals surface area contributed by atoms with E-state index in [-0.39, 0.29) is 0 Å². The van der Waals surface area contributed by atoms with Crippen molar-refractivity contribution >= 4 is 6.41 Å². The van der Waals surface area contributed by atoms with Crippen molar-refractivity contribution in [1.29, 1.82) is 0 Å². The van der Waals surface area contributed by atoms with Crippen LogP contribution in [0.4, 0.5) is 0 Å². The monoisotopic (exact) mass is 268 g/mol. The molecule has 108 valence electrons. The molecule has 1 aromatic heterocycles. The van der Waals surface area contributed by atoms with E-state index in [2.05, 4.69) is 15.3 Å². The Balaban J connectivity index is 0.00000154. The van der Waals surface area contributed by atoms with Crippen LogP contribution in [0.2, 0.25) is 0 Å². The van der Waals surface area contributed by atoms with E-state index in [0.717, 1.165) is 18.6 Å². The highest BCUT2D eigenvalue weighted by Gasteiger charge is 2.02. The summed E-state index contributed by atoms with van der Waals surface area (Å²) in [4.78, 5) is 20.3. The predicted octanol–water partition coefficient (Wildman–Crippen LogP) is 0.868. The van der Waals surface area contributed by atoms with Gasteiger partial charge >= 0.3 is 0 Å². The maximum atomic E-state index is 10.7. The molecule has 1 amide bonds. The van der Waals surface area contributed by atoms with E-state index in [4.69, 9.17) is 4.74 Å². The number of aryl methyl sites for hydroxylation is 1. The number of nitrogens with one attached hydrogen (secondary N) is 1. The third-order valence-corrected chi connectivity index (χ3v) is 2.21. The van der Waals surface area contributed by atoms with Gasteiger partial charge in [0.05, 0.1) is 6.54 Å². The van der Waals surface area contributed by atoms with Crippen LogP contribution in [-0.4, -0.2) is 54.6 Å². The fourth-order valence-corrected chi connectivity index (χ4v) is 1.25. The van der Waals surface area contributed by atoms with E-state index < -0.39 is 0 Å². The second kappa shape index (κ2) is 11.4. The Hall–Kier alpha value is -1.69. The maximum Gasteiger partial charge on any atom is 0.216 e. The normalized spacial score (nSPS) is 9.26. The molecule has 0 aliphatic rings. The standard InChI is InChI=1S/C11H18N4O2.C2H6/c1-10-7-11(14-8-13-10)17-6-5-15(9-16)4-3-12-2;1-2/h7-9,12H,3-6H2,1-2H3;1-2H3. The van der Waals surface area contributed by atoms with Crippen molar-refractivity contribution in [3.63, 3.8) is 0 Å². The van der Waals surface area contributed by atoms with Crippen LogP contribution in [0.3, 0.4) is 0 Å². The number of amides is 1. The van der Waals surface area contributed by atoms with Gasteiger partial charge in [0.15, 0.2) is 0 Å². The second-order valence-corrected chi connectivity index (χ2v) is 3.59. The van der Waals surface area contributed by atoms with Crippen LogP contribution < -0.4 is 10.1 Å². The Kier molecular flexibility index (Phi) is 10.4. The van der Waals surface area contributed by atoms with E-state index in [1.165, 1.54) is 6.33 Å². The molecule has 0 bridgehead atoms. The zero-order chi connectivity index (χ0) is 14.5. The summed E-state index contributed by atoms with van der Waals surface area (Å²) < 4.78 is 5.43. The van der Waals surface area contributed by atoms with Gasteiger partial charge in [-0.25, -0.2) is 9.97 Å². The summed E-state index contributed by atoms with van der Waals surface area (Å²) in [5.41, 5.74) is 0.859. The van der Waals surface area contributed by atoms with E-state index in [1.807, 2.05) is 27.8 Å². The molecule has 0 atom stereocenters. The number of carbonyl (C=O) groups is 1. The summed E-state index contributed by atoms with van der Waals surface area (Å²) in [7, 11) is 1.85. The van der Waals surface area contributed by atoms with Gasteiger partial charge in [-0.1, -0.05) is 13.8 Å². The Morgan fingerprint density at radius 1 is 1.37 bits per heavy atom. The first-order valence-corrected chi connectivity index (χ1v) is 6.51. The van der Waals surface area contributed by atoms with Crippen molar-refractivity contribution in [2.24, 2.45) is 0 Å². The minimum absolute atomic E-state index is 0.429. The molecule has 0 fully saturated rings. The lowest BCUT2D eigenvalue weighted by Crippen LogP contribution is -2.33. The van der Waals surface area contributed by atoms with Crippen LogP contribution in [0.15, 0.2) is 12.4 Å². The summed E-state index contributed by atoms with van der Waals surface area (Å²) >= 11 is 0. The molecular weight excluding hydrogens is 244 g/mol. The third kappa shape index (κ3) is 8.10. The molecule has 6 heteroatoms. The van der Waals surface area contributed by atoms with Crippen LogP contribution in [0.25, 0.3) is 0 Å². The van der Waals surface area contributed by atoms with Crippen molar-refractivity contribution in [3.05, 3.63) is 18.1 Å². The van der Waals surface area contributed by atoms with Crippen molar-refractivity contribution in [1.82, 2.24) is 20.2 Å². The first-order valence-electron chi connectivity index (χ1n) is 6.51. The summed E-state index contributed by atoms with van der Waals surface area (Å²) in [6.45, 7) is 8.30. The lowest BCUT2D eigenvalue weighted by Gasteiger charge is -2.16. The Morgan fingerprint density at radius 3 is 2.68 bits per heavy atom. The highest BCUT2D eigenvalue weighted by atomic mass is 16.5. The largest absolute Gasteiger partial charge is 0.476 e. The molecular formula is C13H24N4O2. The van der Waals surface area contributed by atoms with Crippen molar-refractivity contribution < 1.29 is 9.53 Å². The minimum atomic E-state index is 0.429. The number of aromatic nitrogens is 2. The molecule has 0 aliphatic heterocycles.